The molecule has 0 amide bonds. The third kappa shape index (κ3) is 2.61. The summed E-state index contributed by atoms with van der Waals surface area (Å²) in [6.07, 6.45) is -0.868. The molecule has 0 fully saturated rings. The lowest BCUT2D eigenvalue weighted by atomic mass is 10.0. The normalized spacial score (nSPS) is 12.2. The molecule has 0 aliphatic rings. The Bertz CT molecular complexity index is 555. The molecule has 0 saturated carbocycles. The second-order valence-electron chi connectivity index (χ2n) is 3.81. The number of hydrogen-bond acceptors (Lipinski definition) is 2. The van der Waals surface area contributed by atoms with Crippen LogP contribution in [-0.2, 0) is 0 Å². The average molecular weight is 283 g/mol. The molecule has 94 valence electrons. The monoisotopic (exact) mass is 282 g/mol. The maximum Gasteiger partial charge on any atom is 0.126 e. The number of rotatable bonds is 3. The van der Waals surface area contributed by atoms with Gasteiger partial charge in [-0.1, -0.05) is 41.4 Å². The summed E-state index contributed by atoms with van der Waals surface area (Å²) in [5, 5.41) is 11.4. The van der Waals surface area contributed by atoms with Gasteiger partial charge in [-0.25, -0.2) is 0 Å². The van der Waals surface area contributed by atoms with Crippen LogP contribution in [0.1, 0.15) is 17.2 Å². The summed E-state index contributed by atoms with van der Waals surface area (Å²) in [5.41, 5.74) is 1.22. The van der Waals surface area contributed by atoms with Gasteiger partial charge in [0.25, 0.3) is 0 Å². The highest BCUT2D eigenvalue weighted by Gasteiger charge is 2.18. The molecule has 1 unspecified atom stereocenters. The molecule has 1 atom stereocenters. The van der Waals surface area contributed by atoms with Crippen LogP contribution in [0.4, 0.5) is 0 Å². The van der Waals surface area contributed by atoms with Crippen LogP contribution in [0.5, 0.6) is 5.75 Å². The van der Waals surface area contributed by atoms with Gasteiger partial charge in [-0.2, -0.15) is 0 Å². The first kappa shape index (κ1) is 13.2. The second-order valence-corrected chi connectivity index (χ2v) is 4.66. The van der Waals surface area contributed by atoms with Gasteiger partial charge in [-0.3, -0.25) is 0 Å². The Morgan fingerprint density at radius 1 is 1.11 bits per heavy atom. The molecule has 0 aliphatic carbocycles. The number of benzene rings is 2. The molecule has 1 N–H and O–H groups in total. The number of halogens is 2. The van der Waals surface area contributed by atoms with Crippen molar-refractivity contribution < 1.29 is 9.84 Å². The fourth-order valence-electron chi connectivity index (χ4n) is 1.80. The fourth-order valence-corrected chi connectivity index (χ4v) is 2.27. The van der Waals surface area contributed by atoms with E-state index in [0.29, 0.717) is 26.9 Å². The Kier molecular flexibility index (Phi) is 4.12. The van der Waals surface area contributed by atoms with Crippen molar-refractivity contribution in [3.63, 3.8) is 0 Å². The molecular formula is C14H12Cl2O2. The standard InChI is InChI=1S/C14H12Cl2O2/c1-18-12-7-3-6-11(16)13(12)14(17)9-4-2-5-10(15)8-9/h2-8,14,17H,1H3. The minimum absolute atomic E-state index is 0.460. The predicted molar refractivity (Wildman–Crippen MR) is 73.5 cm³/mol. The molecule has 2 nitrogen and oxygen atoms in total. The van der Waals surface area contributed by atoms with Gasteiger partial charge in [0, 0.05) is 10.6 Å². The number of aliphatic hydroxyl groups is 1. The summed E-state index contributed by atoms with van der Waals surface area (Å²) >= 11 is 12.0. The zero-order chi connectivity index (χ0) is 13.1. The molecular weight excluding hydrogens is 271 g/mol. The van der Waals surface area contributed by atoms with Crippen molar-refractivity contribution in [1.82, 2.24) is 0 Å². The van der Waals surface area contributed by atoms with Crippen molar-refractivity contribution in [2.45, 2.75) is 6.10 Å². The smallest absolute Gasteiger partial charge is 0.126 e. The SMILES string of the molecule is COc1cccc(Cl)c1C(O)c1cccc(Cl)c1. The lowest BCUT2D eigenvalue weighted by Gasteiger charge is -2.16. The molecule has 4 heteroatoms. The first-order valence-corrected chi connectivity index (χ1v) is 6.15. The van der Waals surface area contributed by atoms with Crippen LogP contribution in [0.25, 0.3) is 0 Å². The Labute approximate surface area is 116 Å². The van der Waals surface area contributed by atoms with Crippen LogP contribution in [-0.4, -0.2) is 12.2 Å². The number of ether oxygens (including phenoxy) is 1. The van der Waals surface area contributed by atoms with Crippen molar-refractivity contribution >= 4 is 23.2 Å². The van der Waals surface area contributed by atoms with E-state index in [1.165, 1.54) is 0 Å². The first-order valence-electron chi connectivity index (χ1n) is 5.39. The number of hydrogen-bond donors (Lipinski definition) is 1. The van der Waals surface area contributed by atoms with Crippen molar-refractivity contribution in [2.75, 3.05) is 7.11 Å². The van der Waals surface area contributed by atoms with Crippen LogP contribution in [0.15, 0.2) is 42.5 Å². The van der Waals surface area contributed by atoms with Crippen molar-refractivity contribution in [3.05, 3.63) is 63.6 Å². The minimum Gasteiger partial charge on any atom is -0.496 e. The zero-order valence-corrected chi connectivity index (χ0v) is 11.2. The summed E-state index contributed by atoms with van der Waals surface area (Å²) in [5.74, 6) is 0.551. The van der Waals surface area contributed by atoms with Gasteiger partial charge in [0.2, 0.25) is 0 Å². The molecule has 2 aromatic carbocycles. The van der Waals surface area contributed by atoms with E-state index in [1.807, 2.05) is 0 Å². The van der Waals surface area contributed by atoms with E-state index in [-0.39, 0.29) is 0 Å². The van der Waals surface area contributed by atoms with Crippen molar-refractivity contribution in [1.29, 1.82) is 0 Å². The third-order valence-corrected chi connectivity index (χ3v) is 3.24. The largest absolute Gasteiger partial charge is 0.496 e. The highest BCUT2D eigenvalue weighted by molar-refractivity contribution is 6.31. The van der Waals surface area contributed by atoms with E-state index in [4.69, 9.17) is 27.9 Å². The lowest BCUT2D eigenvalue weighted by Crippen LogP contribution is -2.03. The van der Waals surface area contributed by atoms with Crippen LogP contribution in [0.2, 0.25) is 10.0 Å². The number of aliphatic hydroxyl groups excluding tert-OH is 1. The van der Waals surface area contributed by atoms with Gasteiger partial charge in [-0.05, 0) is 29.8 Å². The van der Waals surface area contributed by atoms with Crippen LogP contribution >= 0.6 is 23.2 Å². The van der Waals surface area contributed by atoms with Crippen LogP contribution in [0.3, 0.4) is 0 Å². The van der Waals surface area contributed by atoms with Crippen molar-refractivity contribution in [2.24, 2.45) is 0 Å². The van der Waals surface area contributed by atoms with Gasteiger partial charge < -0.3 is 9.84 Å². The molecule has 0 aromatic heterocycles. The summed E-state index contributed by atoms with van der Waals surface area (Å²) in [6.45, 7) is 0. The molecule has 0 aliphatic heterocycles. The molecule has 0 bridgehead atoms. The van der Waals surface area contributed by atoms with Gasteiger partial charge in [0.1, 0.15) is 11.9 Å². The third-order valence-electron chi connectivity index (χ3n) is 2.67. The molecule has 0 radical (unpaired) electrons. The summed E-state index contributed by atoms with van der Waals surface area (Å²) in [4.78, 5) is 0. The Balaban J connectivity index is 2.48. The van der Waals surface area contributed by atoms with Gasteiger partial charge >= 0.3 is 0 Å². The fraction of sp³-hybridized carbons (Fsp3) is 0.143. The molecule has 18 heavy (non-hydrogen) atoms. The Morgan fingerprint density at radius 2 is 1.83 bits per heavy atom. The molecule has 0 saturated heterocycles. The van der Waals surface area contributed by atoms with E-state index in [2.05, 4.69) is 0 Å². The van der Waals surface area contributed by atoms with E-state index >= 15 is 0 Å². The van der Waals surface area contributed by atoms with Crippen LogP contribution < -0.4 is 4.74 Å². The van der Waals surface area contributed by atoms with Crippen molar-refractivity contribution in [3.8, 4) is 5.75 Å². The Hall–Kier alpha value is -1.22. The van der Waals surface area contributed by atoms with E-state index in [0.717, 1.165) is 0 Å². The molecule has 2 rings (SSSR count). The molecule has 0 heterocycles. The van der Waals surface area contributed by atoms with Gasteiger partial charge in [0.15, 0.2) is 0 Å². The highest BCUT2D eigenvalue weighted by Crippen LogP contribution is 2.36. The Morgan fingerprint density at radius 3 is 2.50 bits per heavy atom. The average Bonchev–Trinajstić information content (AvgIpc) is 2.37. The first-order chi connectivity index (χ1) is 8.63. The summed E-state index contributed by atoms with van der Waals surface area (Å²) in [7, 11) is 1.54. The minimum atomic E-state index is -0.868. The topological polar surface area (TPSA) is 29.5 Å². The maximum atomic E-state index is 10.4. The predicted octanol–water partition coefficient (Wildman–Crippen LogP) is 4.08. The maximum absolute atomic E-state index is 10.4. The summed E-state index contributed by atoms with van der Waals surface area (Å²) < 4.78 is 5.22. The molecule has 0 spiro atoms. The summed E-state index contributed by atoms with van der Waals surface area (Å²) in [6, 6.07) is 12.3. The number of methoxy groups -OCH3 is 1. The van der Waals surface area contributed by atoms with E-state index in [9.17, 15) is 5.11 Å². The van der Waals surface area contributed by atoms with Crippen LogP contribution in [0, 0.1) is 0 Å². The van der Waals surface area contributed by atoms with E-state index in [1.54, 1.807) is 49.6 Å². The zero-order valence-electron chi connectivity index (χ0n) is 9.73. The quantitative estimate of drug-likeness (QED) is 0.919. The van der Waals surface area contributed by atoms with Gasteiger partial charge in [0.05, 0.1) is 12.1 Å². The second kappa shape index (κ2) is 5.61. The lowest BCUT2D eigenvalue weighted by molar-refractivity contribution is 0.215. The molecule has 2 aromatic rings. The van der Waals surface area contributed by atoms with Gasteiger partial charge in [-0.15, -0.1) is 0 Å². The highest BCUT2D eigenvalue weighted by atomic mass is 35.5. The van der Waals surface area contributed by atoms with E-state index < -0.39 is 6.10 Å².